The molecule has 0 aliphatic heterocycles. The average Bonchev–Trinajstić information content (AvgIpc) is 2.45. The smallest absolute Gasteiger partial charge is 0.0406 e. The molecule has 1 aromatic carbocycles. The highest BCUT2D eigenvalue weighted by atomic mass is 79.9. The second kappa shape index (κ2) is 3.31. The van der Waals surface area contributed by atoms with E-state index in [0.29, 0.717) is 0 Å². The fraction of sp³-hybridized carbons (Fsp3) is 0.200. The predicted molar refractivity (Wildman–Crippen MR) is 63.6 cm³/mol. The third-order valence-electron chi connectivity index (χ3n) is 2.08. The van der Waals surface area contributed by atoms with Crippen molar-refractivity contribution in [2.75, 3.05) is 5.73 Å². The van der Waals surface area contributed by atoms with Crippen LogP contribution in [-0.2, 0) is 5.33 Å². The van der Waals surface area contributed by atoms with Crippen molar-refractivity contribution in [1.29, 1.82) is 0 Å². The maximum Gasteiger partial charge on any atom is 0.0406 e. The second-order valence-electron chi connectivity index (χ2n) is 3.04. The van der Waals surface area contributed by atoms with Crippen LogP contribution in [0.15, 0.2) is 18.2 Å². The van der Waals surface area contributed by atoms with E-state index in [9.17, 15) is 0 Å². The van der Waals surface area contributed by atoms with Crippen LogP contribution in [0.25, 0.3) is 10.1 Å². The van der Waals surface area contributed by atoms with E-state index in [1.165, 1.54) is 20.5 Å². The molecule has 13 heavy (non-hydrogen) atoms. The Morgan fingerprint density at radius 3 is 2.92 bits per heavy atom. The summed E-state index contributed by atoms with van der Waals surface area (Å²) in [6, 6.07) is 6.26. The molecule has 0 unspecified atom stereocenters. The average molecular weight is 256 g/mol. The highest BCUT2D eigenvalue weighted by molar-refractivity contribution is 9.08. The highest BCUT2D eigenvalue weighted by Crippen LogP contribution is 2.32. The van der Waals surface area contributed by atoms with Gasteiger partial charge in [-0.2, -0.15) is 0 Å². The second-order valence-corrected chi connectivity index (χ2v) is 4.86. The van der Waals surface area contributed by atoms with E-state index < -0.39 is 0 Å². The zero-order valence-corrected chi connectivity index (χ0v) is 9.71. The SMILES string of the molecule is Cc1cc2ccc(N)c(CBr)c2s1. The van der Waals surface area contributed by atoms with Crippen molar-refractivity contribution in [3.63, 3.8) is 0 Å². The lowest BCUT2D eigenvalue weighted by Gasteiger charge is -2.02. The molecule has 1 aromatic heterocycles. The molecule has 2 rings (SSSR count). The van der Waals surface area contributed by atoms with Gasteiger partial charge in [-0.1, -0.05) is 22.0 Å². The van der Waals surface area contributed by atoms with Gasteiger partial charge >= 0.3 is 0 Å². The van der Waals surface area contributed by atoms with Crippen molar-refractivity contribution in [1.82, 2.24) is 0 Å². The normalized spacial score (nSPS) is 10.9. The molecule has 2 aromatic rings. The third kappa shape index (κ3) is 1.46. The van der Waals surface area contributed by atoms with Gasteiger partial charge in [0.2, 0.25) is 0 Å². The molecule has 0 amide bonds. The summed E-state index contributed by atoms with van der Waals surface area (Å²) >= 11 is 5.27. The van der Waals surface area contributed by atoms with Crippen LogP contribution in [0.2, 0.25) is 0 Å². The highest BCUT2D eigenvalue weighted by Gasteiger charge is 2.06. The van der Waals surface area contributed by atoms with Gasteiger partial charge in [0.05, 0.1) is 0 Å². The van der Waals surface area contributed by atoms with Crippen LogP contribution in [0.1, 0.15) is 10.4 Å². The minimum Gasteiger partial charge on any atom is -0.398 e. The van der Waals surface area contributed by atoms with E-state index in [1.807, 2.05) is 17.4 Å². The number of fused-ring (bicyclic) bond motifs is 1. The Balaban J connectivity index is 2.82. The van der Waals surface area contributed by atoms with Gasteiger partial charge < -0.3 is 5.73 Å². The Kier molecular flexibility index (Phi) is 2.30. The van der Waals surface area contributed by atoms with E-state index in [0.717, 1.165) is 11.0 Å². The number of halogens is 1. The summed E-state index contributed by atoms with van der Waals surface area (Å²) in [6.45, 7) is 2.12. The van der Waals surface area contributed by atoms with E-state index in [-0.39, 0.29) is 0 Å². The standard InChI is InChI=1S/C10H10BrNS/c1-6-4-7-2-3-9(12)8(5-11)10(7)13-6/h2-4H,5,12H2,1H3. The van der Waals surface area contributed by atoms with Gasteiger partial charge in [-0.3, -0.25) is 0 Å². The molecule has 0 bridgehead atoms. The number of anilines is 1. The van der Waals surface area contributed by atoms with Crippen LogP contribution >= 0.6 is 27.3 Å². The summed E-state index contributed by atoms with van der Waals surface area (Å²) in [7, 11) is 0. The Labute approximate surface area is 89.7 Å². The van der Waals surface area contributed by atoms with Crippen LogP contribution in [0.5, 0.6) is 0 Å². The van der Waals surface area contributed by atoms with E-state index >= 15 is 0 Å². The molecule has 1 heterocycles. The predicted octanol–water partition coefficient (Wildman–Crippen LogP) is 3.69. The first-order valence-electron chi connectivity index (χ1n) is 4.06. The molecule has 2 N–H and O–H groups in total. The van der Waals surface area contributed by atoms with Gasteiger partial charge in [-0.15, -0.1) is 11.3 Å². The van der Waals surface area contributed by atoms with Crippen molar-refractivity contribution in [2.45, 2.75) is 12.3 Å². The monoisotopic (exact) mass is 255 g/mol. The lowest BCUT2D eigenvalue weighted by molar-refractivity contribution is 1.51. The fourth-order valence-electron chi connectivity index (χ4n) is 1.44. The Morgan fingerprint density at radius 2 is 2.23 bits per heavy atom. The van der Waals surface area contributed by atoms with Gasteiger partial charge in [-0.05, 0) is 24.4 Å². The fourth-order valence-corrected chi connectivity index (χ4v) is 3.30. The zero-order chi connectivity index (χ0) is 9.42. The molecule has 0 atom stereocenters. The van der Waals surface area contributed by atoms with E-state index in [2.05, 4.69) is 35.0 Å². The summed E-state index contributed by atoms with van der Waals surface area (Å²) in [5.74, 6) is 0. The van der Waals surface area contributed by atoms with Crippen molar-refractivity contribution in [2.24, 2.45) is 0 Å². The van der Waals surface area contributed by atoms with Gasteiger partial charge in [0, 0.05) is 26.2 Å². The summed E-state index contributed by atoms with van der Waals surface area (Å²) in [5, 5.41) is 2.13. The van der Waals surface area contributed by atoms with Crippen molar-refractivity contribution < 1.29 is 0 Å². The minimum atomic E-state index is 0.829. The van der Waals surface area contributed by atoms with Crippen molar-refractivity contribution in [3.8, 4) is 0 Å². The number of aryl methyl sites for hydroxylation is 1. The number of thiophene rings is 1. The lowest BCUT2D eigenvalue weighted by atomic mass is 10.1. The van der Waals surface area contributed by atoms with Crippen LogP contribution in [0.4, 0.5) is 5.69 Å². The quantitative estimate of drug-likeness (QED) is 0.611. The van der Waals surface area contributed by atoms with E-state index in [1.54, 1.807) is 0 Å². The molecule has 68 valence electrons. The van der Waals surface area contributed by atoms with Crippen molar-refractivity contribution in [3.05, 3.63) is 28.6 Å². The third-order valence-corrected chi connectivity index (χ3v) is 3.77. The zero-order valence-electron chi connectivity index (χ0n) is 7.30. The first kappa shape index (κ1) is 9.03. The molecule has 0 saturated heterocycles. The summed E-state index contributed by atoms with van der Waals surface area (Å²) in [4.78, 5) is 1.34. The Hall–Kier alpha value is -0.540. The molecule has 0 fully saturated rings. The molecular weight excluding hydrogens is 246 g/mol. The number of rotatable bonds is 1. The topological polar surface area (TPSA) is 26.0 Å². The van der Waals surface area contributed by atoms with Crippen molar-refractivity contribution >= 4 is 43.0 Å². The molecule has 0 saturated carbocycles. The van der Waals surface area contributed by atoms with Crippen LogP contribution in [0.3, 0.4) is 0 Å². The molecular formula is C10H10BrNS. The van der Waals surface area contributed by atoms with Gasteiger partial charge in [0.1, 0.15) is 0 Å². The molecule has 0 radical (unpaired) electrons. The summed E-state index contributed by atoms with van der Waals surface area (Å²) in [5.41, 5.74) is 7.98. The van der Waals surface area contributed by atoms with Gasteiger partial charge in [0.15, 0.2) is 0 Å². The van der Waals surface area contributed by atoms with E-state index in [4.69, 9.17) is 5.73 Å². The summed E-state index contributed by atoms with van der Waals surface area (Å²) in [6.07, 6.45) is 0. The lowest BCUT2D eigenvalue weighted by Crippen LogP contribution is -1.90. The number of hydrogen-bond donors (Lipinski definition) is 1. The first-order chi connectivity index (χ1) is 6.22. The number of hydrogen-bond acceptors (Lipinski definition) is 2. The number of benzene rings is 1. The number of nitrogen functional groups attached to an aromatic ring is 1. The Bertz CT molecular complexity index is 447. The van der Waals surface area contributed by atoms with Crippen LogP contribution in [0, 0.1) is 6.92 Å². The largest absolute Gasteiger partial charge is 0.398 e. The van der Waals surface area contributed by atoms with Gasteiger partial charge in [0.25, 0.3) is 0 Å². The molecule has 0 spiro atoms. The molecule has 1 nitrogen and oxygen atoms in total. The van der Waals surface area contributed by atoms with Gasteiger partial charge in [-0.25, -0.2) is 0 Å². The molecule has 3 heteroatoms. The summed E-state index contributed by atoms with van der Waals surface area (Å²) < 4.78 is 1.31. The maximum absolute atomic E-state index is 5.88. The van der Waals surface area contributed by atoms with Crippen LogP contribution in [-0.4, -0.2) is 0 Å². The Morgan fingerprint density at radius 1 is 1.46 bits per heavy atom. The molecule has 0 aliphatic rings. The molecule has 0 aliphatic carbocycles. The number of alkyl halides is 1. The first-order valence-corrected chi connectivity index (χ1v) is 5.99. The number of nitrogens with two attached hydrogens (primary N) is 1. The maximum atomic E-state index is 5.88. The minimum absolute atomic E-state index is 0.829. The van der Waals surface area contributed by atoms with Crippen LogP contribution < -0.4 is 5.73 Å².